The van der Waals surface area contributed by atoms with Crippen LogP contribution in [0.2, 0.25) is 5.02 Å². The van der Waals surface area contributed by atoms with E-state index in [0.29, 0.717) is 18.1 Å². The highest BCUT2D eigenvalue weighted by molar-refractivity contribution is 6.30. The van der Waals surface area contributed by atoms with Crippen molar-refractivity contribution in [2.24, 2.45) is 10.7 Å². The zero-order valence-corrected chi connectivity index (χ0v) is 14.5. The van der Waals surface area contributed by atoms with Crippen molar-refractivity contribution in [3.05, 3.63) is 64.7 Å². The van der Waals surface area contributed by atoms with Crippen LogP contribution >= 0.6 is 11.6 Å². The lowest BCUT2D eigenvalue weighted by molar-refractivity contribution is -0.115. The Kier molecular flexibility index (Phi) is 5.56. The molecule has 1 heterocycles. The van der Waals surface area contributed by atoms with Gasteiger partial charge in [-0.3, -0.25) is 4.79 Å². The summed E-state index contributed by atoms with van der Waals surface area (Å²) >= 11 is 5.85. The van der Waals surface area contributed by atoms with Gasteiger partial charge in [-0.05, 0) is 48.2 Å². The number of aryl methyl sites for hydroxylation is 1. The number of hydrogen-bond acceptors (Lipinski definition) is 4. The summed E-state index contributed by atoms with van der Waals surface area (Å²) in [6, 6.07) is 15.6. The Hall–Kier alpha value is -2.53. The number of halogens is 1. The van der Waals surface area contributed by atoms with Crippen LogP contribution in [0.4, 0.5) is 5.69 Å². The number of ether oxygens (including phenoxy) is 1. The van der Waals surface area contributed by atoms with Crippen molar-refractivity contribution in [2.45, 2.75) is 25.3 Å². The Bertz CT molecular complexity index is 757. The molecule has 0 spiro atoms. The predicted octanol–water partition coefficient (Wildman–Crippen LogP) is 3.17. The normalized spacial score (nSPS) is 16.2. The van der Waals surface area contributed by atoms with Crippen LogP contribution in [0.3, 0.4) is 0 Å². The molecule has 3 N–H and O–H groups in total. The van der Waals surface area contributed by atoms with Crippen LogP contribution in [0.5, 0.6) is 0 Å². The van der Waals surface area contributed by atoms with Crippen molar-refractivity contribution in [3.63, 3.8) is 0 Å². The molecular formula is C19H20ClN3O2. The van der Waals surface area contributed by atoms with Gasteiger partial charge in [-0.1, -0.05) is 35.9 Å². The topological polar surface area (TPSA) is 76.7 Å². The minimum absolute atomic E-state index is 0.0528. The van der Waals surface area contributed by atoms with Gasteiger partial charge in [-0.15, -0.1) is 0 Å². The number of benzene rings is 2. The Morgan fingerprint density at radius 3 is 2.48 bits per heavy atom. The van der Waals surface area contributed by atoms with E-state index in [4.69, 9.17) is 22.1 Å². The number of rotatable bonds is 6. The highest BCUT2D eigenvalue weighted by Crippen LogP contribution is 2.15. The quantitative estimate of drug-likeness (QED) is 0.833. The van der Waals surface area contributed by atoms with Crippen LogP contribution < -0.4 is 11.1 Å². The highest BCUT2D eigenvalue weighted by Gasteiger charge is 2.16. The first-order chi connectivity index (χ1) is 12.1. The van der Waals surface area contributed by atoms with Crippen molar-refractivity contribution >= 4 is 29.2 Å². The summed E-state index contributed by atoms with van der Waals surface area (Å²) in [4.78, 5) is 16.3. The number of aliphatic imine (C=N–C) groups is 1. The fraction of sp³-hybridized carbons (Fsp3) is 0.263. The van der Waals surface area contributed by atoms with Crippen LogP contribution in [0, 0.1) is 0 Å². The predicted molar refractivity (Wildman–Crippen MR) is 99.9 cm³/mol. The molecule has 3 rings (SSSR count). The molecule has 0 fully saturated rings. The number of nitrogens with zero attached hydrogens (tertiary/aromatic N) is 1. The lowest BCUT2D eigenvalue weighted by Gasteiger charge is -2.08. The molecule has 1 aliphatic rings. The maximum atomic E-state index is 12.1. The first kappa shape index (κ1) is 17.3. The van der Waals surface area contributed by atoms with Crippen LogP contribution in [0.25, 0.3) is 0 Å². The van der Waals surface area contributed by atoms with E-state index in [-0.39, 0.29) is 18.0 Å². The summed E-state index contributed by atoms with van der Waals surface area (Å²) in [5, 5.41) is 3.57. The van der Waals surface area contributed by atoms with Crippen LogP contribution in [0.1, 0.15) is 17.5 Å². The molecule has 1 atom stereocenters. The molecule has 2 aromatic rings. The van der Waals surface area contributed by atoms with Gasteiger partial charge in [0.05, 0.1) is 12.5 Å². The van der Waals surface area contributed by atoms with Gasteiger partial charge in [0.1, 0.15) is 6.61 Å². The van der Waals surface area contributed by atoms with Gasteiger partial charge < -0.3 is 15.8 Å². The van der Waals surface area contributed by atoms with E-state index in [0.717, 1.165) is 24.1 Å². The van der Waals surface area contributed by atoms with Crippen molar-refractivity contribution in [1.29, 1.82) is 0 Å². The average molecular weight is 358 g/mol. The molecular weight excluding hydrogens is 338 g/mol. The van der Waals surface area contributed by atoms with Gasteiger partial charge in [0, 0.05) is 10.7 Å². The zero-order chi connectivity index (χ0) is 17.6. The lowest BCUT2D eigenvalue weighted by atomic mass is 10.1. The lowest BCUT2D eigenvalue weighted by Crippen LogP contribution is -2.14. The SMILES string of the molecule is NC1=N[C@@H](CCc2ccc(NC(=O)Cc3ccc(Cl)cc3)cc2)CO1. The molecule has 25 heavy (non-hydrogen) atoms. The third kappa shape index (κ3) is 5.22. The minimum Gasteiger partial charge on any atom is -0.463 e. The van der Waals surface area contributed by atoms with E-state index in [9.17, 15) is 4.79 Å². The summed E-state index contributed by atoms with van der Waals surface area (Å²) in [6.45, 7) is 0.560. The zero-order valence-electron chi connectivity index (χ0n) is 13.7. The van der Waals surface area contributed by atoms with Gasteiger partial charge in [-0.2, -0.15) is 0 Å². The molecule has 130 valence electrons. The first-order valence-corrected chi connectivity index (χ1v) is 8.55. The average Bonchev–Trinajstić information content (AvgIpc) is 3.02. The van der Waals surface area contributed by atoms with E-state index in [1.54, 1.807) is 12.1 Å². The fourth-order valence-electron chi connectivity index (χ4n) is 2.66. The largest absolute Gasteiger partial charge is 0.463 e. The third-order valence-corrected chi connectivity index (χ3v) is 4.27. The van der Waals surface area contributed by atoms with E-state index < -0.39 is 0 Å². The number of nitrogens with two attached hydrogens (primary N) is 1. The van der Waals surface area contributed by atoms with Gasteiger partial charge in [0.25, 0.3) is 6.02 Å². The molecule has 0 bridgehead atoms. The Morgan fingerprint density at radius 1 is 1.16 bits per heavy atom. The Morgan fingerprint density at radius 2 is 1.84 bits per heavy atom. The molecule has 0 aromatic heterocycles. The number of amidine groups is 1. The van der Waals surface area contributed by atoms with Crippen LogP contribution in [-0.2, 0) is 22.4 Å². The summed E-state index contributed by atoms with van der Waals surface area (Å²) < 4.78 is 5.15. The highest BCUT2D eigenvalue weighted by atomic mass is 35.5. The maximum Gasteiger partial charge on any atom is 0.282 e. The molecule has 0 saturated carbocycles. The molecule has 0 radical (unpaired) electrons. The molecule has 0 saturated heterocycles. The maximum absolute atomic E-state index is 12.1. The monoisotopic (exact) mass is 357 g/mol. The second-order valence-electron chi connectivity index (χ2n) is 6.02. The van der Waals surface area contributed by atoms with Gasteiger partial charge in [0.15, 0.2) is 0 Å². The van der Waals surface area contributed by atoms with Crippen molar-refractivity contribution in [2.75, 3.05) is 11.9 Å². The fourth-order valence-corrected chi connectivity index (χ4v) is 2.79. The van der Waals surface area contributed by atoms with Crippen LogP contribution in [-0.4, -0.2) is 24.6 Å². The summed E-state index contributed by atoms with van der Waals surface area (Å²) in [5.74, 6) is -0.0528. The number of nitrogens with one attached hydrogen (secondary N) is 1. The van der Waals surface area contributed by atoms with Gasteiger partial charge in [-0.25, -0.2) is 4.99 Å². The second-order valence-corrected chi connectivity index (χ2v) is 6.46. The molecule has 0 aliphatic carbocycles. The van der Waals surface area contributed by atoms with Crippen molar-refractivity contribution < 1.29 is 9.53 Å². The Balaban J connectivity index is 1.48. The standard InChI is InChI=1S/C19H20ClN3O2/c20-15-6-1-14(2-7-15)11-18(24)22-16-8-3-13(4-9-16)5-10-17-12-25-19(21)23-17/h1-4,6-9,17H,5,10-12H2,(H2,21,23)(H,22,24)/t17-/m0/s1. The van der Waals surface area contributed by atoms with E-state index in [1.165, 1.54) is 5.56 Å². The summed E-state index contributed by atoms with van der Waals surface area (Å²) in [7, 11) is 0. The molecule has 1 amide bonds. The van der Waals surface area contributed by atoms with Gasteiger partial charge >= 0.3 is 0 Å². The molecule has 0 unspecified atom stereocenters. The van der Waals surface area contributed by atoms with Gasteiger partial charge in [0.2, 0.25) is 5.91 Å². The van der Waals surface area contributed by atoms with E-state index >= 15 is 0 Å². The minimum atomic E-state index is -0.0528. The van der Waals surface area contributed by atoms with Crippen LogP contribution in [0.15, 0.2) is 53.5 Å². The van der Waals surface area contributed by atoms with Crippen molar-refractivity contribution in [1.82, 2.24) is 0 Å². The third-order valence-electron chi connectivity index (χ3n) is 4.02. The van der Waals surface area contributed by atoms with Crippen molar-refractivity contribution in [3.8, 4) is 0 Å². The molecule has 1 aliphatic heterocycles. The Labute approximate surface area is 151 Å². The van der Waals surface area contributed by atoms with E-state index in [1.807, 2.05) is 36.4 Å². The molecule has 6 heteroatoms. The summed E-state index contributed by atoms with van der Waals surface area (Å²) in [5.41, 5.74) is 8.41. The van der Waals surface area contributed by atoms with E-state index in [2.05, 4.69) is 10.3 Å². The number of amides is 1. The number of carbonyl (C=O) groups is 1. The number of hydrogen-bond donors (Lipinski definition) is 2. The smallest absolute Gasteiger partial charge is 0.282 e. The second kappa shape index (κ2) is 8.03. The molecule has 5 nitrogen and oxygen atoms in total. The molecule has 2 aromatic carbocycles. The number of anilines is 1. The first-order valence-electron chi connectivity index (χ1n) is 8.18. The number of carbonyl (C=O) groups excluding carboxylic acids is 1. The summed E-state index contributed by atoms with van der Waals surface area (Å²) in [6.07, 6.45) is 2.10.